The normalized spacial score (nSPS) is 16.4. The lowest BCUT2D eigenvalue weighted by atomic mass is 10.1. The average Bonchev–Trinajstić information content (AvgIpc) is 3.37. The second-order valence-electron chi connectivity index (χ2n) is 6.76. The van der Waals surface area contributed by atoms with E-state index in [0.717, 1.165) is 36.3 Å². The molecule has 1 aromatic heterocycles. The molecule has 3 aromatic rings. The van der Waals surface area contributed by atoms with Crippen molar-refractivity contribution < 1.29 is 9.53 Å². The summed E-state index contributed by atoms with van der Waals surface area (Å²) in [6, 6.07) is 20.1. The molecule has 0 radical (unpaired) electrons. The zero-order valence-corrected chi connectivity index (χ0v) is 15.2. The molecule has 1 fully saturated rings. The zero-order chi connectivity index (χ0) is 18.5. The number of nitrogens with zero attached hydrogens (tertiary/aromatic N) is 2. The van der Waals surface area contributed by atoms with E-state index in [0.29, 0.717) is 18.7 Å². The van der Waals surface area contributed by atoms with E-state index in [9.17, 15) is 4.79 Å². The first-order valence-electron chi connectivity index (χ1n) is 9.36. The molecule has 1 atom stereocenters. The number of hydrogen-bond donors (Lipinski definition) is 1. The molecule has 27 heavy (non-hydrogen) atoms. The molecule has 0 saturated carbocycles. The number of nitrogens with one attached hydrogen (secondary N) is 1. The summed E-state index contributed by atoms with van der Waals surface area (Å²) in [6.45, 7) is 1.94. The first-order valence-corrected chi connectivity index (χ1v) is 9.36. The molecule has 1 amide bonds. The van der Waals surface area contributed by atoms with Gasteiger partial charge in [0.15, 0.2) is 0 Å². The molecule has 0 unspecified atom stereocenters. The molecule has 2 aromatic carbocycles. The summed E-state index contributed by atoms with van der Waals surface area (Å²) in [5, 5.41) is 7.52. The van der Waals surface area contributed by atoms with Crippen LogP contribution in [0.25, 0.3) is 11.3 Å². The Morgan fingerprint density at radius 1 is 1.11 bits per heavy atom. The third-order valence-corrected chi connectivity index (χ3v) is 4.82. The second kappa shape index (κ2) is 8.18. The van der Waals surface area contributed by atoms with Gasteiger partial charge in [-0.3, -0.25) is 9.48 Å². The standard InChI is InChI=1S/C22H23N3O2/c26-22(23-14-19-12-7-13-27-19)20-15-24-25(16-17-8-3-1-4-9-17)21(20)18-10-5-2-6-11-18/h1-6,8-11,15,19H,7,12-14,16H2,(H,23,26)/t19-/m0/s1. The van der Waals surface area contributed by atoms with E-state index in [4.69, 9.17) is 4.74 Å². The molecule has 0 aliphatic carbocycles. The first-order chi connectivity index (χ1) is 13.3. The van der Waals surface area contributed by atoms with Crippen molar-refractivity contribution in [2.45, 2.75) is 25.5 Å². The van der Waals surface area contributed by atoms with Crippen molar-refractivity contribution in [3.05, 3.63) is 78.0 Å². The van der Waals surface area contributed by atoms with Gasteiger partial charge in [0.2, 0.25) is 0 Å². The van der Waals surface area contributed by atoms with E-state index in [1.165, 1.54) is 0 Å². The highest BCUT2D eigenvalue weighted by molar-refractivity contribution is 5.99. The quantitative estimate of drug-likeness (QED) is 0.731. The summed E-state index contributed by atoms with van der Waals surface area (Å²) >= 11 is 0. The molecule has 0 bridgehead atoms. The highest BCUT2D eigenvalue weighted by Gasteiger charge is 2.21. The molecule has 1 aliphatic rings. The van der Waals surface area contributed by atoms with E-state index >= 15 is 0 Å². The van der Waals surface area contributed by atoms with Gasteiger partial charge >= 0.3 is 0 Å². The highest BCUT2D eigenvalue weighted by atomic mass is 16.5. The summed E-state index contributed by atoms with van der Waals surface area (Å²) in [7, 11) is 0. The van der Waals surface area contributed by atoms with Crippen molar-refractivity contribution in [2.75, 3.05) is 13.2 Å². The molecule has 5 heteroatoms. The van der Waals surface area contributed by atoms with Gasteiger partial charge in [-0.2, -0.15) is 5.10 Å². The molecule has 1 aliphatic heterocycles. The monoisotopic (exact) mass is 361 g/mol. The molecule has 5 nitrogen and oxygen atoms in total. The number of aromatic nitrogens is 2. The molecule has 1 N–H and O–H groups in total. The van der Waals surface area contributed by atoms with Crippen LogP contribution in [0.5, 0.6) is 0 Å². The minimum atomic E-state index is -0.108. The molecule has 0 spiro atoms. The maximum atomic E-state index is 12.8. The molecule has 4 rings (SSSR count). The third kappa shape index (κ3) is 4.09. The van der Waals surface area contributed by atoms with Gasteiger partial charge in [-0.1, -0.05) is 60.7 Å². The van der Waals surface area contributed by atoms with Crippen LogP contribution in [0.4, 0.5) is 0 Å². The number of carbonyl (C=O) groups is 1. The van der Waals surface area contributed by atoms with Crippen LogP contribution in [0.1, 0.15) is 28.8 Å². The highest BCUT2D eigenvalue weighted by Crippen LogP contribution is 2.24. The maximum absolute atomic E-state index is 12.8. The van der Waals surface area contributed by atoms with Crippen LogP contribution in [0.3, 0.4) is 0 Å². The summed E-state index contributed by atoms with van der Waals surface area (Å²) in [5.41, 5.74) is 3.55. The lowest BCUT2D eigenvalue weighted by molar-refractivity contribution is 0.0858. The summed E-state index contributed by atoms with van der Waals surface area (Å²) in [4.78, 5) is 12.8. The SMILES string of the molecule is O=C(NC[C@@H]1CCCO1)c1cnn(Cc2ccccc2)c1-c1ccccc1. The van der Waals surface area contributed by atoms with Crippen LogP contribution in [0.2, 0.25) is 0 Å². The van der Waals surface area contributed by atoms with E-state index in [-0.39, 0.29) is 12.0 Å². The van der Waals surface area contributed by atoms with Crippen LogP contribution < -0.4 is 5.32 Å². The topological polar surface area (TPSA) is 56.1 Å². The molecule has 138 valence electrons. The van der Waals surface area contributed by atoms with Gasteiger partial charge in [-0.15, -0.1) is 0 Å². The van der Waals surface area contributed by atoms with Gasteiger partial charge in [0, 0.05) is 18.7 Å². The average molecular weight is 361 g/mol. The first kappa shape index (κ1) is 17.5. The van der Waals surface area contributed by atoms with Crippen molar-refractivity contribution in [1.29, 1.82) is 0 Å². The van der Waals surface area contributed by atoms with Crippen LogP contribution in [0.15, 0.2) is 66.9 Å². The predicted octanol–water partition coefficient (Wildman–Crippen LogP) is 3.51. The van der Waals surface area contributed by atoms with Gasteiger partial charge in [-0.05, 0) is 18.4 Å². The van der Waals surface area contributed by atoms with E-state index < -0.39 is 0 Å². The number of carbonyl (C=O) groups excluding carboxylic acids is 1. The Bertz CT molecular complexity index is 884. The van der Waals surface area contributed by atoms with Crippen LogP contribution in [-0.4, -0.2) is 34.9 Å². The Labute approximate surface area is 159 Å². The lowest BCUT2D eigenvalue weighted by Crippen LogP contribution is -2.31. The van der Waals surface area contributed by atoms with Crippen molar-refractivity contribution in [1.82, 2.24) is 15.1 Å². The Balaban J connectivity index is 1.61. The second-order valence-corrected chi connectivity index (χ2v) is 6.76. The Morgan fingerprint density at radius 3 is 2.56 bits per heavy atom. The Morgan fingerprint density at radius 2 is 1.85 bits per heavy atom. The van der Waals surface area contributed by atoms with E-state index in [2.05, 4.69) is 22.5 Å². The fourth-order valence-electron chi connectivity index (χ4n) is 3.44. The van der Waals surface area contributed by atoms with E-state index in [1.54, 1.807) is 6.20 Å². The number of ether oxygens (including phenoxy) is 1. The molecular formula is C22H23N3O2. The maximum Gasteiger partial charge on any atom is 0.255 e. The van der Waals surface area contributed by atoms with Crippen LogP contribution in [0, 0.1) is 0 Å². The third-order valence-electron chi connectivity index (χ3n) is 4.82. The summed E-state index contributed by atoms with van der Waals surface area (Å²) in [6.07, 6.45) is 3.84. The van der Waals surface area contributed by atoms with Crippen molar-refractivity contribution >= 4 is 5.91 Å². The smallest absolute Gasteiger partial charge is 0.255 e. The van der Waals surface area contributed by atoms with Gasteiger partial charge in [0.05, 0.1) is 30.1 Å². The van der Waals surface area contributed by atoms with Crippen molar-refractivity contribution in [3.63, 3.8) is 0 Å². The zero-order valence-electron chi connectivity index (χ0n) is 15.2. The summed E-state index contributed by atoms with van der Waals surface area (Å²) < 4.78 is 7.50. The minimum Gasteiger partial charge on any atom is -0.376 e. The molecular weight excluding hydrogens is 338 g/mol. The Kier molecular flexibility index (Phi) is 5.30. The largest absolute Gasteiger partial charge is 0.376 e. The fraction of sp³-hybridized carbons (Fsp3) is 0.273. The predicted molar refractivity (Wildman–Crippen MR) is 105 cm³/mol. The van der Waals surface area contributed by atoms with Crippen molar-refractivity contribution in [2.24, 2.45) is 0 Å². The van der Waals surface area contributed by atoms with Crippen molar-refractivity contribution in [3.8, 4) is 11.3 Å². The van der Waals surface area contributed by atoms with Gasteiger partial charge < -0.3 is 10.1 Å². The number of benzene rings is 2. The van der Waals surface area contributed by atoms with E-state index in [1.807, 2.05) is 53.2 Å². The van der Waals surface area contributed by atoms with Crippen LogP contribution in [-0.2, 0) is 11.3 Å². The minimum absolute atomic E-state index is 0.108. The lowest BCUT2D eigenvalue weighted by Gasteiger charge is -2.12. The molecule has 2 heterocycles. The molecule has 1 saturated heterocycles. The number of amides is 1. The van der Waals surface area contributed by atoms with Crippen LogP contribution >= 0.6 is 0 Å². The fourth-order valence-corrected chi connectivity index (χ4v) is 3.44. The van der Waals surface area contributed by atoms with Gasteiger partial charge in [-0.25, -0.2) is 0 Å². The number of hydrogen-bond acceptors (Lipinski definition) is 3. The summed E-state index contributed by atoms with van der Waals surface area (Å²) in [5.74, 6) is -0.108. The van der Waals surface area contributed by atoms with Gasteiger partial charge in [0.1, 0.15) is 0 Å². The number of rotatable bonds is 6. The Hall–Kier alpha value is -2.92. The van der Waals surface area contributed by atoms with Gasteiger partial charge in [0.25, 0.3) is 5.91 Å².